The van der Waals surface area contributed by atoms with Crippen molar-refractivity contribution in [2.75, 3.05) is 10.2 Å². The highest BCUT2D eigenvalue weighted by atomic mass is 32.1. The number of imide groups is 1. The zero-order valence-corrected chi connectivity index (χ0v) is 17.7. The van der Waals surface area contributed by atoms with Crippen molar-refractivity contribution in [2.45, 2.75) is 6.18 Å². The average molecular weight is 464 g/mol. The number of alkyl halides is 3. The molecule has 2 heterocycles. The van der Waals surface area contributed by atoms with Crippen LogP contribution in [0.1, 0.15) is 10.4 Å². The number of nitrogens with one attached hydrogen (secondary N) is 1. The van der Waals surface area contributed by atoms with E-state index in [9.17, 15) is 22.8 Å². The first-order valence-electron chi connectivity index (χ1n) is 9.93. The number of fused-ring (bicyclic) bond motifs is 1. The van der Waals surface area contributed by atoms with Crippen LogP contribution in [0.3, 0.4) is 0 Å². The van der Waals surface area contributed by atoms with Crippen LogP contribution in [0.25, 0.3) is 16.3 Å². The van der Waals surface area contributed by atoms with E-state index in [4.69, 9.17) is 0 Å². The Morgan fingerprint density at radius 2 is 1.58 bits per heavy atom. The van der Waals surface area contributed by atoms with E-state index in [1.54, 1.807) is 29.6 Å². The van der Waals surface area contributed by atoms with Crippen LogP contribution in [-0.4, -0.2) is 11.8 Å². The van der Waals surface area contributed by atoms with Crippen LogP contribution in [0.15, 0.2) is 89.9 Å². The lowest BCUT2D eigenvalue weighted by atomic mass is 10.1. The van der Waals surface area contributed by atoms with E-state index in [1.807, 2.05) is 30.3 Å². The molecule has 33 heavy (non-hydrogen) atoms. The molecule has 0 bridgehead atoms. The van der Waals surface area contributed by atoms with Gasteiger partial charge in [-0.25, -0.2) is 4.90 Å². The van der Waals surface area contributed by atoms with Gasteiger partial charge in [-0.1, -0.05) is 48.5 Å². The van der Waals surface area contributed by atoms with Gasteiger partial charge in [-0.3, -0.25) is 9.59 Å². The van der Waals surface area contributed by atoms with Gasteiger partial charge in [0.1, 0.15) is 5.70 Å². The second-order valence-corrected chi connectivity index (χ2v) is 8.32. The molecule has 3 aromatic carbocycles. The molecule has 1 aromatic heterocycles. The number of carbonyl (C=O) groups is 2. The fourth-order valence-corrected chi connectivity index (χ4v) is 4.60. The highest BCUT2D eigenvalue weighted by Crippen LogP contribution is 2.38. The Kier molecular flexibility index (Phi) is 5.02. The maximum Gasteiger partial charge on any atom is 0.416 e. The molecule has 0 atom stereocenters. The van der Waals surface area contributed by atoms with Crippen molar-refractivity contribution in [1.29, 1.82) is 0 Å². The summed E-state index contributed by atoms with van der Waals surface area (Å²) in [5.41, 5.74) is -0.309. The van der Waals surface area contributed by atoms with E-state index in [-0.39, 0.29) is 17.0 Å². The molecule has 4 aromatic rings. The zero-order valence-electron chi connectivity index (χ0n) is 16.9. The number of anilines is 2. The third-order valence-electron chi connectivity index (χ3n) is 5.32. The molecule has 5 rings (SSSR count). The largest absolute Gasteiger partial charge is 0.416 e. The topological polar surface area (TPSA) is 49.4 Å². The molecule has 0 aliphatic carbocycles. The van der Waals surface area contributed by atoms with Crippen LogP contribution in [0.2, 0.25) is 0 Å². The molecule has 1 N–H and O–H groups in total. The molecule has 4 nitrogen and oxygen atoms in total. The zero-order chi connectivity index (χ0) is 23.2. The number of thiophene rings is 1. The minimum Gasteiger partial charge on any atom is -0.350 e. The highest BCUT2D eigenvalue weighted by molar-refractivity contribution is 7.11. The predicted octanol–water partition coefficient (Wildman–Crippen LogP) is 6.32. The van der Waals surface area contributed by atoms with Crippen LogP contribution >= 0.6 is 11.3 Å². The average Bonchev–Trinajstić information content (AvgIpc) is 3.40. The van der Waals surface area contributed by atoms with Crippen LogP contribution in [0.4, 0.5) is 24.5 Å². The SMILES string of the molecule is O=C1C(Nc2cccc(C(F)(F)F)c2)=C(c2cccs2)C(=O)N1c1cccc2ccccc12. The second-order valence-electron chi connectivity index (χ2n) is 7.37. The van der Waals surface area contributed by atoms with Crippen LogP contribution in [-0.2, 0) is 15.8 Å². The van der Waals surface area contributed by atoms with Crippen molar-refractivity contribution < 1.29 is 22.8 Å². The third-order valence-corrected chi connectivity index (χ3v) is 6.21. The summed E-state index contributed by atoms with van der Waals surface area (Å²) >= 11 is 1.27. The van der Waals surface area contributed by atoms with E-state index >= 15 is 0 Å². The van der Waals surface area contributed by atoms with E-state index < -0.39 is 23.6 Å². The number of rotatable bonds is 4. The van der Waals surface area contributed by atoms with Crippen molar-refractivity contribution in [1.82, 2.24) is 0 Å². The van der Waals surface area contributed by atoms with Crippen molar-refractivity contribution in [3.05, 3.63) is 100 Å². The van der Waals surface area contributed by atoms with Gasteiger partial charge in [0, 0.05) is 16.0 Å². The standard InChI is InChI=1S/C25H15F3N2O2S/c26-25(27,28)16-8-4-9-17(14-16)29-22-21(20-12-5-13-33-20)23(31)30(24(22)32)19-11-3-7-15-6-1-2-10-18(15)19/h1-14,29H. The summed E-state index contributed by atoms with van der Waals surface area (Å²) in [6.45, 7) is 0. The van der Waals surface area contributed by atoms with Gasteiger partial charge >= 0.3 is 6.18 Å². The summed E-state index contributed by atoms with van der Waals surface area (Å²) in [4.78, 5) is 28.7. The molecule has 0 fully saturated rings. The van der Waals surface area contributed by atoms with E-state index in [0.29, 0.717) is 16.0 Å². The minimum atomic E-state index is -4.53. The van der Waals surface area contributed by atoms with Gasteiger partial charge in [0.25, 0.3) is 11.8 Å². The second kappa shape index (κ2) is 7.90. The first-order valence-corrected chi connectivity index (χ1v) is 10.8. The lowest BCUT2D eigenvalue weighted by molar-refractivity contribution is -0.137. The van der Waals surface area contributed by atoms with Crippen molar-refractivity contribution in [3.63, 3.8) is 0 Å². The summed E-state index contributed by atoms with van der Waals surface area (Å²) in [5, 5.41) is 6.13. The summed E-state index contributed by atoms with van der Waals surface area (Å²) < 4.78 is 39.6. The molecule has 0 unspecified atom stereocenters. The monoisotopic (exact) mass is 464 g/mol. The van der Waals surface area contributed by atoms with Crippen molar-refractivity contribution in [3.8, 4) is 0 Å². The number of amides is 2. The normalized spacial score (nSPS) is 14.5. The lowest BCUT2D eigenvalue weighted by Gasteiger charge is -2.18. The molecule has 1 aliphatic rings. The Morgan fingerprint density at radius 1 is 0.818 bits per heavy atom. The fraction of sp³-hybridized carbons (Fsp3) is 0.0400. The lowest BCUT2D eigenvalue weighted by Crippen LogP contribution is -2.32. The number of nitrogens with zero attached hydrogens (tertiary/aromatic N) is 1. The molecule has 0 radical (unpaired) electrons. The Hall–Kier alpha value is -3.91. The predicted molar refractivity (Wildman–Crippen MR) is 123 cm³/mol. The summed E-state index contributed by atoms with van der Waals surface area (Å²) in [6.07, 6.45) is -4.53. The summed E-state index contributed by atoms with van der Waals surface area (Å²) in [6, 6.07) is 20.6. The number of benzene rings is 3. The van der Waals surface area contributed by atoms with Crippen molar-refractivity contribution in [2.24, 2.45) is 0 Å². The number of carbonyl (C=O) groups excluding carboxylic acids is 2. The quantitative estimate of drug-likeness (QED) is 0.360. The van der Waals surface area contributed by atoms with Crippen molar-refractivity contribution >= 4 is 50.9 Å². The van der Waals surface area contributed by atoms with Gasteiger partial charge in [-0.05, 0) is 41.1 Å². The molecule has 0 spiro atoms. The Balaban J connectivity index is 1.62. The first-order chi connectivity index (χ1) is 15.8. The fourth-order valence-electron chi connectivity index (χ4n) is 3.83. The smallest absolute Gasteiger partial charge is 0.350 e. The molecule has 2 amide bonds. The molecule has 0 saturated heterocycles. The van der Waals surface area contributed by atoms with E-state index in [1.165, 1.54) is 23.5 Å². The van der Waals surface area contributed by atoms with Gasteiger partial charge < -0.3 is 5.32 Å². The Bertz CT molecular complexity index is 1420. The van der Waals surface area contributed by atoms with E-state index in [2.05, 4.69) is 5.32 Å². The first kappa shape index (κ1) is 21.0. The molecule has 0 saturated carbocycles. The van der Waals surface area contributed by atoms with Gasteiger partial charge in [0.15, 0.2) is 0 Å². The van der Waals surface area contributed by atoms with Gasteiger partial charge in [0.2, 0.25) is 0 Å². The number of halogens is 3. The third kappa shape index (κ3) is 3.68. The number of hydrogen-bond donors (Lipinski definition) is 1. The molecule has 1 aliphatic heterocycles. The molecule has 8 heteroatoms. The maximum absolute atomic E-state index is 13.5. The molecule has 164 valence electrons. The van der Waals surface area contributed by atoms with Gasteiger partial charge in [-0.2, -0.15) is 13.2 Å². The highest BCUT2D eigenvalue weighted by Gasteiger charge is 2.41. The van der Waals surface area contributed by atoms with Crippen LogP contribution in [0.5, 0.6) is 0 Å². The van der Waals surface area contributed by atoms with Gasteiger partial charge in [0.05, 0.1) is 16.8 Å². The van der Waals surface area contributed by atoms with E-state index in [0.717, 1.165) is 22.4 Å². The summed E-state index contributed by atoms with van der Waals surface area (Å²) in [5.74, 6) is -1.16. The van der Waals surface area contributed by atoms with Gasteiger partial charge in [-0.15, -0.1) is 11.3 Å². The summed E-state index contributed by atoms with van der Waals surface area (Å²) in [7, 11) is 0. The maximum atomic E-state index is 13.5. The van der Waals surface area contributed by atoms with Crippen LogP contribution < -0.4 is 10.2 Å². The molecular weight excluding hydrogens is 449 g/mol. The number of hydrogen-bond acceptors (Lipinski definition) is 4. The molecular formula is C25H15F3N2O2S. The minimum absolute atomic E-state index is 0.0605. The van der Waals surface area contributed by atoms with Crippen LogP contribution in [0, 0.1) is 0 Å². The Morgan fingerprint density at radius 3 is 2.33 bits per heavy atom. The Labute approximate surface area is 190 Å².